The number of nitrogens with zero attached hydrogens (tertiary/aromatic N) is 1. The Kier molecular flexibility index (Phi) is 7.75. The highest BCUT2D eigenvalue weighted by Gasteiger charge is 2.41. The number of imide groups is 1. The minimum absolute atomic E-state index is 0.00329. The van der Waals surface area contributed by atoms with Gasteiger partial charge in [0, 0.05) is 24.6 Å². The fourth-order valence-electron chi connectivity index (χ4n) is 4.64. The Bertz CT molecular complexity index is 1580. The predicted molar refractivity (Wildman–Crippen MR) is 141 cm³/mol. The molecule has 10 nitrogen and oxygen atoms in total. The number of halogens is 3. The van der Waals surface area contributed by atoms with Gasteiger partial charge in [-0.3, -0.25) is 25.0 Å². The summed E-state index contributed by atoms with van der Waals surface area (Å²) in [5, 5.41) is 4.54. The van der Waals surface area contributed by atoms with Crippen LogP contribution >= 0.6 is 11.6 Å². The number of amides is 4. The van der Waals surface area contributed by atoms with E-state index in [0.29, 0.717) is 11.1 Å². The van der Waals surface area contributed by atoms with Crippen molar-refractivity contribution in [1.82, 2.24) is 10.2 Å². The Morgan fingerprint density at radius 1 is 1.12 bits per heavy atom. The molecule has 0 spiro atoms. The molecule has 5 rings (SSSR count). The van der Waals surface area contributed by atoms with Crippen LogP contribution in [0.1, 0.15) is 34.3 Å². The molecule has 2 aliphatic heterocycles. The third-order valence-electron chi connectivity index (χ3n) is 6.59. The Morgan fingerprint density at radius 2 is 1.93 bits per heavy atom. The second-order valence-corrected chi connectivity index (χ2v) is 9.62. The van der Waals surface area contributed by atoms with Crippen LogP contribution in [0.25, 0.3) is 0 Å². The van der Waals surface area contributed by atoms with Crippen LogP contribution in [-0.2, 0) is 27.5 Å². The zero-order valence-corrected chi connectivity index (χ0v) is 22.2. The molecule has 2 N–H and O–H groups in total. The Balaban J connectivity index is 1.23. The van der Waals surface area contributed by atoms with Gasteiger partial charge >= 0.3 is 6.09 Å². The second-order valence-electron chi connectivity index (χ2n) is 9.21. The maximum Gasteiger partial charge on any atom is 0.412 e. The molecule has 0 aromatic heterocycles. The van der Waals surface area contributed by atoms with E-state index in [-0.39, 0.29) is 65.4 Å². The van der Waals surface area contributed by atoms with Gasteiger partial charge in [0.2, 0.25) is 11.8 Å². The Hall–Kier alpha value is -4.71. The zero-order valence-electron chi connectivity index (χ0n) is 21.5. The van der Waals surface area contributed by atoms with E-state index in [1.54, 1.807) is 12.1 Å². The lowest BCUT2D eigenvalue weighted by molar-refractivity contribution is -0.136. The first-order valence-corrected chi connectivity index (χ1v) is 12.7. The average molecular weight is 586 g/mol. The van der Waals surface area contributed by atoms with Crippen molar-refractivity contribution in [3.05, 3.63) is 81.9 Å². The van der Waals surface area contributed by atoms with Crippen molar-refractivity contribution in [2.24, 2.45) is 0 Å². The SMILES string of the molecule is COc1c(COC(=O)Nc2ccc(Oc3ccc(F)cc3Cl)cc2F)ccc2c1C(=O)N(C1CCC(=O)NC1=O)C2. The lowest BCUT2D eigenvalue weighted by Gasteiger charge is -2.29. The molecule has 2 aliphatic rings. The molecule has 41 heavy (non-hydrogen) atoms. The van der Waals surface area contributed by atoms with E-state index < -0.39 is 35.6 Å². The lowest BCUT2D eigenvalue weighted by atomic mass is 10.0. The highest BCUT2D eigenvalue weighted by molar-refractivity contribution is 6.32. The van der Waals surface area contributed by atoms with Gasteiger partial charge in [0.15, 0.2) is 5.82 Å². The van der Waals surface area contributed by atoms with Crippen LogP contribution in [0.4, 0.5) is 19.3 Å². The minimum atomic E-state index is -0.974. The Labute approximate surface area is 237 Å². The highest BCUT2D eigenvalue weighted by atomic mass is 35.5. The predicted octanol–water partition coefficient (Wildman–Crippen LogP) is 4.93. The largest absolute Gasteiger partial charge is 0.495 e. The van der Waals surface area contributed by atoms with E-state index in [0.717, 1.165) is 18.2 Å². The summed E-state index contributed by atoms with van der Waals surface area (Å²) >= 11 is 5.93. The molecule has 1 unspecified atom stereocenters. The number of ether oxygens (including phenoxy) is 3. The van der Waals surface area contributed by atoms with Crippen molar-refractivity contribution in [2.75, 3.05) is 12.4 Å². The molecule has 1 fully saturated rings. The fourth-order valence-corrected chi connectivity index (χ4v) is 4.85. The van der Waals surface area contributed by atoms with Gasteiger partial charge in [0.05, 0.1) is 23.4 Å². The number of nitrogens with one attached hydrogen (secondary N) is 2. The summed E-state index contributed by atoms with van der Waals surface area (Å²) in [6, 6.07) is 9.64. The third kappa shape index (κ3) is 5.78. The van der Waals surface area contributed by atoms with E-state index in [9.17, 15) is 28.0 Å². The summed E-state index contributed by atoms with van der Waals surface area (Å²) in [5.41, 5.74) is 1.04. The molecule has 1 atom stereocenters. The van der Waals surface area contributed by atoms with E-state index in [1.165, 1.54) is 30.2 Å². The molecule has 0 saturated carbocycles. The number of hydrogen-bond acceptors (Lipinski definition) is 7. The molecular formula is C28H22ClF2N3O7. The van der Waals surface area contributed by atoms with Crippen molar-refractivity contribution in [2.45, 2.75) is 32.0 Å². The molecule has 0 bridgehead atoms. The highest BCUT2D eigenvalue weighted by Crippen LogP contribution is 2.36. The van der Waals surface area contributed by atoms with Gasteiger partial charge in [0.25, 0.3) is 5.91 Å². The summed E-state index contributed by atoms with van der Waals surface area (Å²) in [6.07, 6.45) is -0.633. The first-order valence-electron chi connectivity index (χ1n) is 12.3. The number of methoxy groups -OCH3 is 1. The van der Waals surface area contributed by atoms with Crippen molar-refractivity contribution in [3.8, 4) is 17.2 Å². The number of rotatable bonds is 7. The third-order valence-corrected chi connectivity index (χ3v) is 6.88. The van der Waals surface area contributed by atoms with Crippen LogP contribution in [0, 0.1) is 11.6 Å². The van der Waals surface area contributed by atoms with Crippen molar-refractivity contribution in [1.29, 1.82) is 0 Å². The summed E-state index contributed by atoms with van der Waals surface area (Å²) in [7, 11) is 1.36. The normalized spacial score (nSPS) is 16.2. The fraction of sp³-hybridized carbons (Fsp3) is 0.214. The van der Waals surface area contributed by atoms with Gasteiger partial charge in [-0.15, -0.1) is 0 Å². The Morgan fingerprint density at radius 3 is 2.63 bits per heavy atom. The number of piperidine rings is 1. The van der Waals surface area contributed by atoms with Crippen molar-refractivity contribution < 1.29 is 42.2 Å². The number of anilines is 1. The molecule has 212 valence electrons. The zero-order chi connectivity index (χ0) is 29.3. The first-order chi connectivity index (χ1) is 19.6. The van der Waals surface area contributed by atoms with Crippen molar-refractivity contribution >= 4 is 41.1 Å². The molecule has 0 aliphatic carbocycles. The smallest absolute Gasteiger partial charge is 0.412 e. The molecule has 4 amide bonds. The van der Waals surface area contributed by atoms with Gasteiger partial charge in [-0.2, -0.15) is 0 Å². The van der Waals surface area contributed by atoms with E-state index in [2.05, 4.69) is 10.6 Å². The summed E-state index contributed by atoms with van der Waals surface area (Å²) < 4.78 is 44.0. The van der Waals surface area contributed by atoms with Crippen LogP contribution in [0.5, 0.6) is 17.2 Å². The molecule has 3 aromatic rings. The van der Waals surface area contributed by atoms with Crippen LogP contribution in [0.3, 0.4) is 0 Å². The van der Waals surface area contributed by atoms with Gasteiger partial charge in [-0.25, -0.2) is 13.6 Å². The van der Waals surface area contributed by atoms with Gasteiger partial charge in [-0.1, -0.05) is 23.7 Å². The first kappa shape index (κ1) is 27.8. The standard InChI is InChI=1S/C28H22ClF2N3O7/c1-39-25-15(3-2-14-12-34(27(37)24(14)25)21-7-9-23(35)33-26(21)36)13-40-28(38)32-20-6-5-17(11-19(20)31)41-22-8-4-16(30)10-18(22)29/h2-6,8,10-11,21H,7,9,12-13H2,1H3,(H,32,38)(H,33,35,36). The van der Waals surface area contributed by atoms with Gasteiger partial charge in [0.1, 0.15) is 35.7 Å². The average Bonchev–Trinajstić information content (AvgIpc) is 3.26. The summed E-state index contributed by atoms with van der Waals surface area (Å²) in [6.45, 7) is -0.148. The van der Waals surface area contributed by atoms with Gasteiger partial charge < -0.3 is 19.1 Å². The number of carbonyl (C=O) groups is 4. The van der Waals surface area contributed by atoms with Crippen LogP contribution in [-0.4, -0.2) is 41.9 Å². The monoisotopic (exact) mass is 585 g/mol. The maximum absolute atomic E-state index is 14.6. The molecule has 0 radical (unpaired) electrons. The maximum atomic E-state index is 14.6. The van der Waals surface area contributed by atoms with Crippen LogP contribution in [0.2, 0.25) is 5.02 Å². The van der Waals surface area contributed by atoms with Crippen LogP contribution in [0.15, 0.2) is 48.5 Å². The second kappa shape index (κ2) is 11.4. The van der Waals surface area contributed by atoms with Crippen LogP contribution < -0.4 is 20.1 Å². The van der Waals surface area contributed by atoms with Crippen molar-refractivity contribution in [3.63, 3.8) is 0 Å². The number of benzene rings is 3. The molecular weight excluding hydrogens is 564 g/mol. The molecule has 3 aromatic carbocycles. The summed E-state index contributed by atoms with van der Waals surface area (Å²) in [5.74, 6) is -2.37. The van der Waals surface area contributed by atoms with E-state index >= 15 is 0 Å². The minimum Gasteiger partial charge on any atom is -0.495 e. The van der Waals surface area contributed by atoms with E-state index in [1.807, 2.05) is 0 Å². The van der Waals surface area contributed by atoms with E-state index in [4.69, 9.17) is 25.8 Å². The number of hydrogen-bond donors (Lipinski definition) is 2. The molecule has 1 saturated heterocycles. The quantitative estimate of drug-likeness (QED) is 0.377. The number of carbonyl (C=O) groups excluding carboxylic acids is 4. The lowest BCUT2D eigenvalue weighted by Crippen LogP contribution is -2.52. The number of fused-ring (bicyclic) bond motifs is 1. The summed E-state index contributed by atoms with van der Waals surface area (Å²) in [4.78, 5) is 50.9. The molecule has 2 heterocycles. The van der Waals surface area contributed by atoms with Gasteiger partial charge in [-0.05, 0) is 42.3 Å². The molecule has 13 heteroatoms. The topological polar surface area (TPSA) is 123 Å².